The quantitative estimate of drug-likeness (QED) is 0.0587. The number of ether oxygens (including phenoxy) is 2. The highest BCUT2D eigenvalue weighted by Crippen LogP contribution is 2.60. The molecule has 3 aliphatic carbocycles. The van der Waals surface area contributed by atoms with Crippen LogP contribution in [0.1, 0.15) is 71.0 Å². The van der Waals surface area contributed by atoms with E-state index >= 15 is 0 Å². The average Bonchev–Trinajstić information content (AvgIpc) is 3.08. The Kier molecular flexibility index (Phi) is 10.8. The number of esters is 1. The fourth-order valence-corrected chi connectivity index (χ4v) is 7.43. The molecule has 7 N–H and O–H groups in total. The monoisotopic (exact) mass is 769 g/mol. The number of carbonyl (C=O) groups excluding carboxylic acids is 2. The van der Waals surface area contributed by atoms with Crippen molar-refractivity contribution in [2.75, 3.05) is 23.6 Å². The number of amides is 1. The summed E-state index contributed by atoms with van der Waals surface area (Å²) in [5, 5.41) is 16.7. The van der Waals surface area contributed by atoms with Crippen LogP contribution >= 0.6 is 11.6 Å². The third-order valence-corrected chi connectivity index (χ3v) is 10.8. The van der Waals surface area contributed by atoms with Crippen LogP contribution in [-0.4, -0.2) is 51.5 Å². The zero-order valence-corrected chi connectivity index (χ0v) is 32.7. The van der Waals surface area contributed by atoms with Crippen LogP contribution in [0.25, 0.3) is 21.7 Å². The number of carbonyl (C=O) groups is 2. The second kappa shape index (κ2) is 15.1. The van der Waals surface area contributed by atoms with Gasteiger partial charge >= 0.3 is 12.1 Å². The molecule has 2 bridgehead atoms. The Hall–Kier alpha value is -5.36. The number of nitriles is 1. The summed E-state index contributed by atoms with van der Waals surface area (Å²) in [6.07, 6.45) is 6.52. The van der Waals surface area contributed by atoms with E-state index in [4.69, 9.17) is 38.4 Å². The van der Waals surface area contributed by atoms with Crippen molar-refractivity contribution in [3.8, 4) is 6.07 Å². The lowest BCUT2D eigenvalue weighted by molar-refractivity contribution is -0.154. The highest BCUT2D eigenvalue weighted by Gasteiger charge is 2.59. The van der Waals surface area contributed by atoms with E-state index in [9.17, 15) is 19.6 Å². The number of nitrogens with zero attached hydrogens (tertiary/aromatic N) is 5. The van der Waals surface area contributed by atoms with Gasteiger partial charge in [0.2, 0.25) is 6.79 Å². The Morgan fingerprint density at radius 3 is 2.49 bits per heavy atom. The molecule has 3 saturated carbocycles. The molecule has 2 unspecified atom stereocenters. The van der Waals surface area contributed by atoms with Gasteiger partial charge in [-0.15, -0.1) is 0 Å². The summed E-state index contributed by atoms with van der Waals surface area (Å²) >= 11 is 6.96. The summed E-state index contributed by atoms with van der Waals surface area (Å²) in [5.41, 5.74) is 14.4. The smallest absolute Gasteiger partial charge is 0.418 e. The van der Waals surface area contributed by atoms with Crippen molar-refractivity contribution in [1.29, 1.82) is 5.26 Å². The van der Waals surface area contributed by atoms with E-state index in [-0.39, 0.29) is 44.4 Å². The minimum Gasteiger partial charge on any atom is -0.427 e. The number of halogens is 1. The molecule has 14 nitrogen and oxygen atoms in total. The van der Waals surface area contributed by atoms with Crippen LogP contribution in [0, 0.1) is 28.6 Å². The van der Waals surface area contributed by atoms with Crippen LogP contribution in [0.15, 0.2) is 65.5 Å². The Balaban J connectivity index is 1.57. The first-order chi connectivity index (χ1) is 25.9. The normalized spacial score (nSPS) is 18.9. The van der Waals surface area contributed by atoms with Gasteiger partial charge in [-0.25, -0.2) is 10.6 Å². The molecule has 4 aromatic rings. The molecular formula is C40H48ClN9O5. The minimum absolute atomic E-state index is 0.155. The van der Waals surface area contributed by atoms with Crippen molar-refractivity contribution >= 4 is 56.7 Å². The maximum Gasteiger partial charge on any atom is 0.418 e. The van der Waals surface area contributed by atoms with E-state index < -0.39 is 30.9 Å². The van der Waals surface area contributed by atoms with Gasteiger partial charge in [-0.05, 0) is 71.7 Å². The molecule has 1 amide bonds. The van der Waals surface area contributed by atoms with Crippen LogP contribution in [0.2, 0.25) is 5.02 Å². The average molecular weight is 770 g/mol. The highest BCUT2D eigenvalue weighted by atomic mass is 35.5. The first kappa shape index (κ1) is 39.3. The largest absolute Gasteiger partial charge is 0.427 e. The summed E-state index contributed by atoms with van der Waals surface area (Å²) in [5.74, 6) is 6.33. The zero-order chi connectivity index (χ0) is 40.0. The molecule has 55 heavy (non-hydrogen) atoms. The highest BCUT2D eigenvalue weighted by molar-refractivity contribution is 6.36. The summed E-state index contributed by atoms with van der Waals surface area (Å²) in [4.78, 5) is 46.5. The molecule has 2 heterocycles. The topological polar surface area (TPSA) is 208 Å². The van der Waals surface area contributed by atoms with Crippen molar-refractivity contribution < 1.29 is 19.1 Å². The molecule has 15 heteroatoms. The first-order valence-electron chi connectivity index (χ1n) is 18.2. The molecule has 2 aromatic carbocycles. The van der Waals surface area contributed by atoms with Gasteiger partial charge in [-0.2, -0.15) is 5.26 Å². The lowest BCUT2D eigenvalue weighted by atomic mass is 9.49. The van der Waals surface area contributed by atoms with Gasteiger partial charge in [0.05, 0.1) is 38.7 Å². The molecule has 290 valence electrons. The van der Waals surface area contributed by atoms with Crippen LogP contribution in [0.4, 0.5) is 16.2 Å². The second-order valence-corrected chi connectivity index (χ2v) is 16.6. The SMILES string of the molecule is CC(C)C(N)C(=O)OCOC(=O)N(c1cc(Cl)c2ncc(C#N)c(NCC(C)(C)C)c2c1)C(/C(N)=C/N(N)C12CC(C1)C2)c1cccc2c(=O)n(C)ccc12. The third kappa shape index (κ3) is 7.65. The van der Waals surface area contributed by atoms with Crippen molar-refractivity contribution in [2.45, 2.75) is 71.5 Å². The summed E-state index contributed by atoms with van der Waals surface area (Å²) < 4.78 is 12.4. The van der Waals surface area contributed by atoms with Crippen LogP contribution < -0.4 is 33.1 Å². The number of hydrazine groups is 1. The Morgan fingerprint density at radius 1 is 1.16 bits per heavy atom. The van der Waals surface area contributed by atoms with Gasteiger partial charge in [0.15, 0.2) is 0 Å². The lowest BCUT2D eigenvalue weighted by Crippen LogP contribution is -2.68. The molecule has 3 aliphatic rings. The molecule has 0 saturated heterocycles. The molecule has 0 radical (unpaired) electrons. The lowest BCUT2D eigenvalue weighted by Gasteiger charge is -2.65. The number of nitrogens with two attached hydrogens (primary N) is 3. The van der Waals surface area contributed by atoms with E-state index in [0.29, 0.717) is 45.4 Å². The van der Waals surface area contributed by atoms with Gasteiger partial charge in [0.25, 0.3) is 5.56 Å². The van der Waals surface area contributed by atoms with Crippen molar-refractivity contribution in [2.24, 2.45) is 41.6 Å². The van der Waals surface area contributed by atoms with Crippen LogP contribution in [0.5, 0.6) is 0 Å². The molecule has 0 aliphatic heterocycles. The van der Waals surface area contributed by atoms with Gasteiger partial charge in [0.1, 0.15) is 18.2 Å². The van der Waals surface area contributed by atoms with Gasteiger partial charge in [-0.1, -0.05) is 58.4 Å². The molecular weight excluding hydrogens is 722 g/mol. The van der Waals surface area contributed by atoms with E-state index in [1.165, 1.54) is 15.7 Å². The zero-order valence-electron chi connectivity index (χ0n) is 31.9. The number of hydrogen-bond donors (Lipinski definition) is 4. The van der Waals surface area contributed by atoms with Crippen molar-refractivity contribution in [3.63, 3.8) is 0 Å². The third-order valence-electron chi connectivity index (χ3n) is 10.5. The maximum absolute atomic E-state index is 14.6. The number of hydrogen-bond acceptors (Lipinski definition) is 12. The number of nitrogens with one attached hydrogen (secondary N) is 1. The molecule has 2 aromatic heterocycles. The number of aromatic nitrogens is 2. The van der Waals surface area contributed by atoms with Crippen LogP contribution in [-0.2, 0) is 21.3 Å². The van der Waals surface area contributed by atoms with Gasteiger partial charge in [0, 0.05) is 43.0 Å². The van der Waals surface area contributed by atoms with Crippen LogP contribution in [0.3, 0.4) is 0 Å². The number of fused-ring (bicyclic) bond motifs is 2. The predicted molar refractivity (Wildman–Crippen MR) is 212 cm³/mol. The number of aryl methyl sites for hydroxylation is 1. The number of rotatable bonds is 12. The van der Waals surface area contributed by atoms with E-state index in [2.05, 4.69) is 37.1 Å². The Morgan fingerprint density at radius 2 is 1.87 bits per heavy atom. The predicted octanol–water partition coefficient (Wildman–Crippen LogP) is 5.77. The van der Waals surface area contributed by atoms with Crippen molar-refractivity contribution in [3.05, 3.63) is 87.2 Å². The number of benzene rings is 2. The molecule has 7 rings (SSSR count). The van der Waals surface area contributed by atoms with E-state index in [1.807, 2.05) is 0 Å². The minimum atomic E-state index is -1.15. The molecule has 0 spiro atoms. The Bertz CT molecular complexity index is 2280. The van der Waals surface area contributed by atoms with Gasteiger partial charge in [-0.3, -0.25) is 19.5 Å². The number of pyridine rings is 2. The summed E-state index contributed by atoms with van der Waals surface area (Å²) in [6.45, 7) is 9.44. The Labute approximate surface area is 324 Å². The summed E-state index contributed by atoms with van der Waals surface area (Å²) in [6, 6.07) is 10.3. The standard InChI is InChI=1S/C40H48ClN9O5/c1-22(2)32(44)37(52)54-21-55-38(53)50(25-12-29-33(47-20-39(3,4)5)24(17-42)18-46-34(29)30(41)13-25)35(31(43)19-49(45)40-14-23(15-40)16-40)27-8-7-9-28-26(27)10-11-48(6)36(28)51/h7-13,18-19,22-23,32,35H,14-16,20-21,43-45H2,1-6H3,(H,46,47)/b31-19-. The second-order valence-electron chi connectivity index (χ2n) is 16.2. The molecule has 3 fully saturated rings. The molecule has 2 atom stereocenters. The number of anilines is 2. The summed E-state index contributed by atoms with van der Waals surface area (Å²) in [7, 11) is 1.65. The van der Waals surface area contributed by atoms with E-state index in [0.717, 1.165) is 19.3 Å². The fraction of sp³-hybridized carbons (Fsp3) is 0.425. The first-order valence-corrected chi connectivity index (χ1v) is 18.6. The maximum atomic E-state index is 14.6. The van der Waals surface area contributed by atoms with E-state index in [1.54, 1.807) is 74.7 Å². The van der Waals surface area contributed by atoms with Crippen molar-refractivity contribution in [1.82, 2.24) is 14.6 Å². The van der Waals surface area contributed by atoms with Gasteiger partial charge < -0.3 is 35.8 Å². The fourth-order valence-electron chi connectivity index (χ4n) is 7.17.